The molecule has 2 fully saturated rings. The first-order valence-electron chi connectivity index (χ1n) is 8.77. The van der Waals surface area contributed by atoms with Crippen LogP contribution in [0.15, 0.2) is 36.7 Å². The second-order valence-electron chi connectivity index (χ2n) is 6.78. The molecule has 2 aliphatic heterocycles. The van der Waals surface area contributed by atoms with Crippen LogP contribution >= 0.6 is 0 Å². The molecular formula is C18H19N7O. The molecule has 2 saturated heterocycles. The Morgan fingerprint density at radius 3 is 2.73 bits per heavy atom. The van der Waals surface area contributed by atoms with E-state index in [-0.39, 0.29) is 12.1 Å². The summed E-state index contributed by atoms with van der Waals surface area (Å²) in [6.07, 6.45) is 3.71. The van der Waals surface area contributed by atoms with Crippen LogP contribution in [-0.4, -0.2) is 52.2 Å². The van der Waals surface area contributed by atoms with E-state index in [9.17, 15) is 4.79 Å². The number of rotatable bonds is 3. The van der Waals surface area contributed by atoms with Crippen molar-refractivity contribution in [3.63, 3.8) is 0 Å². The van der Waals surface area contributed by atoms with Crippen molar-refractivity contribution >= 4 is 28.3 Å². The van der Waals surface area contributed by atoms with Gasteiger partial charge in [-0.3, -0.25) is 9.58 Å². The molecule has 2 aromatic heterocycles. The van der Waals surface area contributed by atoms with E-state index in [2.05, 4.69) is 37.6 Å². The van der Waals surface area contributed by atoms with Crippen molar-refractivity contribution in [3.05, 3.63) is 42.4 Å². The second kappa shape index (κ2) is 5.69. The Morgan fingerprint density at radius 1 is 1.15 bits per heavy atom. The van der Waals surface area contributed by atoms with Gasteiger partial charge in [0.25, 0.3) is 0 Å². The normalized spacial score (nSPS) is 17.7. The summed E-state index contributed by atoms with van der Waals surface area (Å²) in [7, 11) is 0. The fourth-order valence-electron chi connectivity index (χ4n) is 3.64. The lowest BCUT2D eigenvalue weighted by Crippen LogP contribution is -2.48. The summed E-state index contributed by atoms with van der Waals surface area (Å²) in [5.41, 5.74) is 1.79. The summed E-state index contributed by atoms with van der Waals surface area (Å²) in [6, 6.07) is 8.46. The summed E-state index contributed by atoms with van der Waals surface area (Å²) < 4.78 is 1.95. The predicted molar refractivity (Wildman–Crippen MR) is 98.5 cm³/mol. The van der Waals surface area contributed by atoms with Crippen molar-refractivity contribution in [2.45, 2.75) is 13.0 Å². The number of carbonyl (C=O) groups excluding carboxylic acids is 1. The monoisotopic (exact) mass is 349 g/mol. The van der Waals surface area contributed by atoms with Crippen LogP contribution in [0, 0.1) is 6.92 Å². The average molecular weight is 349 g/mol. The lowest BCUT2D eigenvalue weighted by molar-refractivity contribution is 0.252. The number of nitrogens with one attached hydrogen (secondary N) is 1. The highest BCUT2D eigenvalue weighted by Crippen LogP contribution is 2.32. The fourth-order valence-corrected chi connectivity index (χ4v) is 3.64. The SMILES string of the molecule is Cc1nnc(N2CC(n3cc(N4CCNC4=O)cn3)C2)c2ccccc12. The van der Waals surface area contributed by atoms with Crippen LogP contribution in [0.5, 0.6) is 0 Å². The molecule has 8 heteroatoms. The van der Waals surface area contributed by atoms with Crippen LogP contribution in [0.1, 0.15) is 11.7 Å². The predicted octanol–water partition coefficient (Wildman–Crippen LogP) is 1.73. The summed E-state index contributed by atoms with van der Waals surface area (Å²) in [5.74, 6) is 0.925. The van der Waals surface area contributed by atoms with Gasteiger partial charge < -0.3 is 10.2 Å². The van der Waals surface area contributed by atoms with Crippen LogP contribution in [-0.2, 0) is 0 Å². The van der Waals surface area contributed by atoms with Crippen molar-refractivity contribution in [2.75, 3.05) is 36.0 Å². The van der Waals surface area contributed by atoms with Gasteiger partial charge in [0.1, 0.15) is 0 Å². The molecule has 0 radical (unpaired) electrons. The Kier molecular flexibility index (Phi) is 3.31. The third kappa shape index (κ3) is 2.29. The van der Waals surface area contributed by atoms with E-state index in [0.29, 0.717) is 13.1 Å². The Bertz CT molecular complexity index is 992. The third-order valence-corrected chi connectivity index (χ3v) is 5.14. The van der Waals surface area contributed by atoms with E-state index in [4.69, 9.17) is 0 Å². The second-order valence-corrected chi connectivity index (χ2v) is 6.78. The van der Waals surface area contributed by atoms with Crippen molar-refractivity contribution in [1.29, 1.82) is 0 Å². The number of anilines is 2. The van der Waals surface area contributed by atoms with Gasteiger partial charge in [-0.15, -0.1) is 5.10 Å². The lowest BCUT2D eigenvalue weighted by Gasteiger charge is -2.40. The molecule has 2 amide bonds. The zero-order chi connectivity index (χ0) is 17.7. The van der Waals surface area contributed by atoms with Crippen LogP contribution in [0.2, 0.25) is 0 Å². The fraction of sp³-hybridized carbons (Fsp3) is 0.333. The van der Waals surface area contributed by atoms with E-state index in [1.807, 2.05) is 29.9 Å². The Morgan fingerprint density at radius 2 is 1.96 bits per heavy atom. The molecule has 0 saturated carbocycles. The Labute approximate surface area is 150 Å². The summed E-state index contributed by atoms with van der Waals surface area (Å²) in [5, 5.41) is 18.3. The van der Waals surface area contributed by atoms with Crippen LogP contribution in [0.25, 0.3) is 10.8 Å². The standard InChI is InChI=1S/C18H19N7O/c1-12-15-4-2-3-5-16(15)17(22-21-12)23-9-14(10-23)25-11-13(8-20-25)24-7-6-19-18(24)26/h2-5,8,11,14H,6-7,9-10H2,1H3,(H,19,26). The molecule has 0 bridgehead atoms. The molecule has 0 atom stereocenters. The van der Waals surface area contributed by atoms with Gasteiger partial charge in [-0.05, 0) is 6.92 Å². The van der Waals surface area contributed by atoms with E-state index < -0.39 is 0 Å². The summed E-state index contributed by atoms with van der Waals surface area (Å²) in [4.78, 5) is 15.7. The number of hydrogen-bond acceptors (Lipinski definition) is 5. The zero-order valence-electron chi connectivity index (χ0n) is 14.5. The molecule has 0 spiro atoms. The maximum Gasteiger partial charge on any atom is 0.322 e. The van der Waals surface area contributed by atoms with Gasteiger partial charge in [0, 0.05) is 43.1 Å². The van der Waals surface area contributed by atoms with Gasteiger partial charge in [-0.1, -0.05) is 24.3 Å². The third-order valence-electron chi connectivity index (χ3n) is 5.14. The lowest BCUT2D eigenvalue weighted by atomic mass is 10.1. The average Bonchev–Trinajstić information content (AvgIpc) is 3.25. The van der Waals surface area contributed by atoms with Crippen LogP contribution in [0.4, 0.5) is 16.3 Å². The van der Waals surface area contributed by atoms with Gasteiger partial charge >= 0.3 is 6.03 Å². The number of hydrogen-bond donors (Lipinski definition) is 1. The number of aryl methyl sites for hydroxylation is 1. The quantitative estimate of drug-likeness (QED) is 0.779. The first-order valence-corrected chi connectivity index (χ1v) is 8.77. The first kappa shape index (κ1) is 15.1. The molecule has 0 aliphatic carbocycles. The molecule has 1 N–H and O–H groups in total. The van der Waals surface area contributed by atoms with Gasteiger partial charge in [0.05, 0.1) is 23.6 Å². The summed E-state index contributed by atoms with van der Waals surface area (Å²) >= 11 is 0. The maximum atomic E-state index is 11.8. The highest BCUT2D eigenvalue weighted by Gasteiger charge is 2.32. The van der Waals surface area contributed by atoms with Crippen molar-refractivity contribution in [3.8, 4) is 0 Å². The number of benzene rings is 1. The Balaban J connectivity index is 1.35. The number of nitrogens with zero attached hydrogens (tertiary/aromatic N) is 6. The highest BCUT2D eigenvalue weighted by molar-refractivity contribution is 5.94. The maximum absolute atomic E-state index is 11.8. The molecule has 3 aromatic rings. The molecule has 26 heavy (non-hydrogen) atoms. The van der Waals surface area contributed by atoms with E-state index in [0.717, 1.165) is 41.1 Å². The van der Waals surface area contributed by atoms with E-state index in [1.54, 1.807) is 11.1 Å². The van der Waals surface area contributed by atoms with Crippen molar-refractivity contribution < 1.29 is 4.79 Å². The molecule has 2 aliphatic rings. The topological polar surface area (TPSA) is 79.2 Å². The molecule has 1 aromatic carbocycles. The minimum absolute atomic E-state index is 0.0545. The van der Waals surface area contributed by atoms with Crippen LogP contribution in [0.3, 0.4) is 0 Å². The van der Waals surface area contributed by atoms with Crippen molar-refractivity contribution in [1.82, 2.24) is 25.3 Å². The number of urea groups is 1. The minimum atomic E-state index is -0.0545. The van der Waals surface area contributed by atoms with Gasteiger partial charge in [0.15, 0.2) is 5.82 Å². The highest BCUT2D eigenvalue weighted by atomic mass is 16.2. The summed E-state index contributed by atoms with van der Waals surface area (Å²) in [6.45, 7) is 5.01. The van der Waals surface area contributed by atoms with E-state index in [1.165, 1.54) is 0 Å². The molecule has 132 valence electrons. The molecular weight excluding hydrogens is 330 g/mol. The molecule has 8 nitrogen and oxygen atoms in total. The number of aromatic nitrogens is 4. The minimum Gasteiger partial charge on any atom is -0.350 e. The number of carbonyl (C=O) groups is 1. The Hall–Kier alpha value is -3.16. The van der Waals surface area contributed by atoms with Gasteiger partial charge in [0.2, 0.25) is 0 Å². The molecule has 4 heterocycles. The molecule has 0 unspecified atom stereocenters. The van der Waals surface area contributed by atoms with Gasteiger partial charge in [-0.25, -0.2) is 4.79 Å². The number of amides is 2. The smallest absolute Gasteiger partial charge is 0.322 e. The molecule has 5 rings (SSSR count). The van der Waals surface area contributed by atoms with Crippen molar-refractivity contribution in [2.24, 2.45) is 0 Å². The number of fused-ring (bicyclic) bond motifs is 1. The van der Waals surface area contributed by atoms with Crippen LogP contribution < -0.4 is 15.1 Å². The van der Waals surface area contributed by atoms with Gasteiger partial charge in [-0.2, -0.15) is 10.2 Å². The van der Waals surface area contributed by atoms with E-state index >= 15 is 0 Å². The largest absolute Gasteiger partial charge is 0.350 e. The zero-order valence-corrected chi connectivity index (χ0v) is 14.5. The first-order chi connectivity index (χ1) is 12.7.